The van der Waals surface area contributed by atoms with Gasteiger partial charge in [0.2, 0.25) is 5.43 Å². The molecule has 5 nitrogen and oxygen atoms in total. The Morgan fingerprint density at radius 2 is 2.35 bits per heavy atom. The quantitative estimate of drug-likeness (QED) is 0.830. The van der Waals surface area contributed by atoms with Crippen LogP contribution >= 0.6 is 0 Å². The molecule has 1 unspecified atom stereocenters. The fraction of sp³-hybridized carbons (Fsp3) is 0.667. The minimum Gasteiger partial charge on any atom is -0.502 e. The number of hydrogen-bond acceptors (Lipinski definition) is 5. The number of hydrogen-bond donors (Lipinski definition) is 2. The molecule has 1 aromatic heterocycles. The Kier molecular flexibility index (Phi) is 5.61. The first kappa shape index (κ1) is 15.1. The highest BCUT2D eigenvalue weighted by atomic mass is 16.4. The Balaban J connectivity index is 1.96. The van der Waals surface area contributed by atoms with Crippen LogP contribution in [-0.4, -0.2) is 35.7 Å². The average molecular weight is 280 g/mol. The minimum absolute atomic E-state index is 0.329. The molecule has 0 amide bonds. The van der Waals surface area contributed by atoms with Gasteiger partial charge in [-0.3, -0.25) is 9.69 Å². The Morgan fingerprint density at radius 1 is 1.50 bits per heavy atom. The Hall–Kier alpha value is -1.33. The molecule has 1 atom stereocenters. The minimum atomic E-state index is -0.376. The van der Waals surface area contributed by atoms with E-state index < -0.39 is 0 Å². The predicted octanol–water partition coefficient (Wildman–Crippen LogP) is 1.70. The van der Waals surface area contributed by atoms with E-state index in [2.05, 4.69) is 17.1 Å². The molecule has 20 heavy (non-hydrogen) atoms. The van der Waals surface area contributed by atoms with E-state index in [0.717, 1.165) is 32.3 Å². The lowest BCUT2D eigenvalue weighted by Crippen LogP contribution is -2.43. The number of rotatable bonds is 6. The SMILES string of the molecule is CCCN(Cc1cc(=O)c(O)co1)CC1CCCCN1. The maximum absolute atomic E-state index is 11.4. The van der Waals surface area contributed by atoms with E-state index in [1.165, 1.54) is 25.3 Å². The van der Waals surface area contributed by atoms with Crippen LogP contribution in [0, 0.1) is 0 Å². The molecule has 1 aromatic rings. The first-order valence-electron chi connectivity index (χ1n) is 7.45. The highest BCUT2D eigenvalue weighted by Crippen LogP contribution is 2.12. The zero-order valence-electron chi connectivity index (χ0n) is 12.1. The summed E-state index contributed by atoms with van der Waals surface area (Å²) in [6, 6.07) is 1.91. The molecule has 0 aromatic carbocycles. The standard InChI is InChI=1S/C15H24N2O3/c1-2-7-17(9-12-5-3-4-6-16-12)10-13-8-14(18)15(19)11-20-13/h8,11-12,16,19H,2-7,9-10H2,1H3. The van der Waals surface area contributed by atoms with Crippen LogP contribution in [0.1, 0.15) is 38.4 Å². The van der Waals surface area contributed by atoms with Crippen molar-refractivity contribution in [3.8, 4) is 5.75 Å². The zero-order chi connectivity index (χ0) is 14.4. The second-order valence-electron chi connectivity index (χ2n) is 5.48. The molecule has 2 N–H and O–H groups in total. The summed E-state index contributed by atoms with van der Waals surface area (Å²) in [4.78, 5) is 13.7. The normalized spacial score (nSPS) is 19.4. The molecule has 1 aliphatic rings. The summed E-state index contributed by atoms with van der Waals surface area (Å²) >= 11 is 0. The molecule has 0 spiro atoms. The monoisotopic (exact) mass is 280 g/mol. The number of nitrogens with zero attached hydrogens (tertiary/aromatic N) is 1. The summed E-state index contributed by atoms with van der Waals surface area (Å²) in [5.74, 6) is 0.279. The molecule has 0 aliphatic carbocycles. The zero-order valence-corrected chi connectivity index (χ0v) is 12.1. The van der Waals surface area contributed by atoms with E-state index in [0.29, 0.717) is 18.3 Å². The van der Waals surface area contributed by atoms with Crippen molar-refractivity contribution in [2.75, 3.05) is 19.6 Å². The fourth-order valence-electron chi connectivity index (χ4n) is 2.69. The van der Waals surface area contributed by atoms with Gasteiger partial charge in [0.15, 0.2) is 5.75 Å². The summed E-state index contributed by atoms with van der Waals surface area (Å²) in [5.41, 5.74) is -0.376. The smallest absolute Gasteiger partial charge is 0.226 e. The van der Waals surface area contributed by atoms with Crippen LogP contribution in [0.2, 0.25) is 0 Å². The largest absolute Gasteiger partial charge is 0.502 e. The van der Waals surface area contributed by atoms with E-state index in [4.69, 9.17) is 4.42 Å². The van der Waals surface area contributed by atoms with E-state index >= 15 is 0 Å². The lowest BCUT2D eigenvalue weighted by molar-refractivity contribution is 0.201. The second-order valence-corrected chi connectivity index (χ2v) is 5.48. The number of piperidine rings is 1. The Labute approximate surface area is 119 Å². The van der Waals surface area contributed by atoms with Gasteiger partial charge in [0, 0.05) is 18.7 Å². The van der Waals surface area contributed by atoms with Crippen molar-refractivity contribution in [3.63, 3.8) is 0 Å². The molecule has 0 radical (unpaired) electrons. The molecule has 2 heterocycles. The molecule has 1 saturated heterocycles. The van der Waals surface area contributed by atoms with Gasteiger partial charge in [-0.1, -0.05) is 13.3 Å². The molecule has 1 aliphatic heterocycles. The maximum Gasteiger partial charge on any atom is 0.226 e. The van der Waals surface area contributed by atoms with Crippen molar-refractivity contribution in [1.82, 2.24) is 10.2 Å². The Bertz CT molecular complexity index is 466. The van der Waals surface area contributed by atoms with Crippen LogP contribution in [0.15, 0.2) is 21.5 Å². The third-order valence-corrected chi connectivity index (χ3v) is 3.68. The van der Waals surface area contributed by atoms with Crippen LogP contribution in [0.3, 0.4) is 0 Å². The molecule has 0 bridgehead atoms. The number of nitrogens with one attached hydrogen (secondary N) is 1. The Morgan fingerprint density at radius 3 is 3.00 bits per heavy atom. The molecular weight excluding hydrogens is 256 g/mol. The topological polar surface area (TPSA) is 65.7 Å². The van der Waals surface area contributed by atoms with Crippen LogP contribution in [0.5, 0.6) is 5.75 Å². The molecule has 0 saturated carbocycles. The highest BCUT2D eigenvalue weighted by Gasteiger charge is 2.17. The third kappa shape index (κ3) is 4.35. The molecular formula is C15H24N2O3. The van der Waals surface area contributed by atoms with Gasteiger partial charge >= 0.3 is 0 Å². The lowest BCUT2D eigenvalue weighted by atomic mass is 10.0. The van der Waals surface area contributed by atoms with Crippen molar-refractivity contribution in [2.24, 2.45) is 0 Å². The van der Waals surface area contributed by atoms with Gasteiger partial charge in [0.25, 0.3) is 0 Å². The summed E-state index contributed by atoms with van der Waals surface area (Å²) in [5, 5.41) is 12.8. The highest BCUT2D eigenvalue weighted by molar-refractivity contribution is 5.15. The van der Waals surface area contributed by atoms with E-state index in [1.807, 2.05) is 0 Å². The van der Waals surface area contributed by atoms with Crippen molar-refractivity contribution >= 4 is 0 Å². The third-order valence-electron chi connectivity index (χ3n) is 3.68. The number of aromatic hydroxyl groups is 1. The first-order chi connectivity index (χ1) is 9.69. The van der Waals surface area contributed by atoms with Crippen molar-refractivity contribution in [3.05, 3.63) is 28.3 Å². The maximum atomic E-state index is 11.4. The second kappa shape index (κ2) is 7.45. The summed E-state index contributed by atoms with van der Waals surface area (Å²) in [7, 11) is 0. The van der Waals surface area contributed by atoms with Crippen molar-refractivity contribution in [2.45, 2.75) is 45.2 Å². The van der Waals surface area contributed by atoms with Crippen LogP contribution in [0.25, 0.3) is 0 Å². The van der Waals surface area contributed by atoms with E-state index in [9.17, 15) is 9.90 Å². The summed E-state index contributed by atoms with van der Waals surface area (Å²) in [6.07, 6.45) is 5.94. The van der Waals surface area contributed by atoms with Gasteiger partial charge in [-0.2, -0.15) is 0 Å². The van der Waals surface area contributed by atoms with Gasteiger partial charge in [0.1, 0.15) is 12.0 Å². The van der Waals surface area contributed by atoms with Crippen LogP contribution in [0.4, 0.5) is 0 Å². The van der Waals surface area contributed by atoms with E-state index in [-0.39, 0.29) is 11.2 Å². The van der Waals surface area contributed by atoms with Gasteiger partial charge in [0.05, 0.1) is 6.54 Å². The van der Waals surface area contributed by atoms with Crippen LogP contribution in [-0.2, 0) is 6.54 Å². The fourth-order valence-corrected chi connectivity index (χ4v) is 2.69. The summed E-state index contributed by atoms with van der Waals surface area (Å²) in [6.45, 7) is 5.80. The lowest BCUT2D eigenvalue weighted by Gasteiger charge is -2.30. The van der Waals surface area contributed by atoms with Gasteiger partial charge < -0.3 is 14.8 Å². The average Bonchev–Trinajstić information content (AvgIpc) is 2.44. The summed E-state index contributed by atoms with van der Waals surface area (Å²) < 4.78 is 5.29. The molecule has 5 heteroatoms. The van der Waals surface area contributed by atoms with Crippen LogP contribution < -0.4 is 10.7 Å². The molecule has 1 fully saturated rings. The predicted molar refractivity (Wildman–Crippen MR) is 77.9 cm³/mol. The van der Waals surface area contributed by atoms with Gasteiger partial charge in [-0.25, -0.2) is 0 Å². The van der Waals surface area contributed by atoms with Crippen molar-refractivity contribution < 1.29 is 9.52 Å². The molecule has 112 valence electrons. The first-order valence-corrected chi connectivity index (χ1v) is 7.45. The van der Waals surface area contributed by atoms with Crippen molar-refractivity contribution in [1.29, 1.82) is 0 Å². The van der Waals surface area contributed by atoms with Gasteiger partial charge in [-0.15, -0.1) is 0 Å². The van der Waals surface area contributed by atoms with E-state index in [1.54, 1.807) is 0 Å². The molecule has 2 rings (SSSR count). The van der Waals surface area contributed by atoms with Gasteiger partial charge in [-0.05, 0) is 32.4 Å².